The molecular weight excluding hydrogens is 883 g/mol. The Hall–Kier alpha value is -4.16. The summed E-state index contributed by atoms with van der Waals surface area (Å²) in [5.74, 6) is -6.44. The van der Waals surface area contributed by atoms with Crippen molar-refractivity contribution in [2.45, 2.75) is 203 Å². The van der Waals surface area contributed by atoms with Crippen molar-refractivity contribution in [2.75, 3.05) is 26.9 Å². The lowest BCUT2D eigenvalue weighted by atomic mass is 9.52. The first-order valence-electron chi connectivity index (χ1n) is 23.0. The Morgan fingerprint density at radius 3 is 1.50 bits per heavy atom. The largest absolute Gasteiger partial charge is 0.467 e. The molecule has 68 heavy (non-hydrogen) atoms. The van der Waals surface area contributed by atoms with Crippen LogP contribution in [-0.4, -0.2) is 118 Å². The van der Waals surface area contributed by atoms with Crippen molar-refractivity contribution in [1.82, 2.24) is 5.32 Å². The first-order chi connectivity index (χ1) is 30.4. The molecule has 1 amide bonds. The highest BCUT2D eigenvalue weighted by Gasteiger charge is 2.83. The van der Waals surface area contributed by atoms with E-state index in [4.69, 9.17) is 42.6 Å². The van der Waals surface area contributed by atoms with E-state index in [0.29, 0.717) is 0 Å². The van der Waals surface area contributed by atoms with Gasteiger partial charge in [0.1, 0.15) is 28.9 Å². The van der Waals surface area contributed by atoms with Gasteiger partial charge in [-0.3, -0.25) is 24.0 Å². The van der Waals surface area contributed by atoms with E-state index in [9.17, 15) is 33.9 Å². The normalized spacial score (nSPS) is 36.5. The first-order valence-corrected chi connectivity index (χ1v) is 23.0. The number of rotatable bonds is 14. The maximum Gasteiger partial charge on any atom is 0.342 e. The molecule has 0 aromatic heterocycles. The van der Waals surface area contributed by atoms with Crippen LogP contribution in [0.5, 0.6) is 0 Å². The lowest BCUT2D eigenvalue weighted by molar-refractivity contribution is -0.425. The third-order valence-corrected chi connectivity index (χ3v) is 15.1. The summed E-state index contributed by atoms with van der Waals surface area (Å²) >= 11 is 0. The zero-order valence-electron chi connectivity index (χ0n) is 44.8. The van der Waals surface area contributed by atoms with Crippen LogP contribution in [0.1, 0.15) is 151 Å². The number of esters is 5. The number of nitrogens with one attached hydrogen (secondary N) is 1. The monoisotopic (exact) mass is 964 g/mol. The molecule has 2 N–H and O–H groups in total. The summed E-state index contributed by atoms with van der Waals surface area (Å²) in [6, 6.07) is 9.20. The quantitative estimate of drug-likeness (QED) is 0.146. The number of amides is 1. The van der Waals surface area contributed by atoms with Crippen LogP contribution in [-0.2, 0) is 78.0 Å². The summed E-state index contributed by atoms with van der Waals surface area (Å²) in [6.45, 7) is 30.4. The summed E-state index contributed by atoms with van der Waals surface area (Å²) in [7, 11) is 1.11. The van der Waals surface area contributed by atoms with Gasteiger partial charge >= 0.3 is 29.8 Å². The second kappa shape index (κ2) is 18.5. The zero-order valence-corrected chi connectivity index (χ0v) is 44.8. The number of methoxy groups -OCH3 is 1. The van der Waals surface area contributed by atoms with E-state index in [1.807, 2.05) is 30.3 Å². The van der Waals surface area contributed by atoms with Gasteiger partial charge in [0.05, 0.1) is 48.6 Å². The highest BCUT2D eigenvalue weighted by atomic mass is 16.7. The van der Waals surface area contributed by atoms with Crippen LogP contribution in [0.3, 0.4) is 0 Å². The van der Waals surface area contributed by atoms with Crippen molar-refractivity contribution >= 4 is 35.8 Å². The van der Waals surface area contributed by atoms with E-state index in [2.05, 4.69) is 5.32 Å². The predicted octanol–water partition coefficient (Wildman–Crippen LogP) is 6.70. The molecule has 0 spiro atoms. The number of hydrogen-bond acceptors (Lipinski definition) is 16. The third-order valence-electron chi connectivity index (χ3n) is 15.1. The Morgan fingerprint density at radius 1 is 0.618 bits per heavy atom. The average molecular weight is 964 g/mol. The standard InChI is InChI=1S/C51H81NO16/c1-32(53)52-46(16)42(12,47(17,59)43(13,31-62-33(2)54)68-51(46,21)63-28-34-26-24-23-25-27-34)29-61-30-44(14)48(18,64-35(55)39(3,4)5)50(20,66-37(57)41(9,10)11)49(19,65-36(56)40(6,7)8)45(15,67-44)38(58)60-22/h23-27,59H,28-31H2,1-22H3,(H,52,53)/t42-,43?,44?,45?,46-,47-,48+,49+,50-,51?/m0/s1. The van der Waals surface area contributed by atoms with Gasteiger partial charge < -0.3 is 53.1 Å². The average Bonchev–Trinajstić information content (AvgIpc) is 3.19. The van der Waals surface area contributed by atoms with Crippen molar-refractivity contribution in [3.8, 4) is 0 Å². The van der Waals surface area contributed by atoms with Crippen molar-refractivity contribution in [1.29, 1.82) is 0 Å². The Kier molecular flexibility index (Phi) is 15.9. The topological polar surface area (TPSA) is 218 Å². The van der Waals surface area contributed by atoms with Crippen molar-refractivity contribution in [2.24, 2.45) is 21.7 Å². The van der Waals surface area contributed by atoms with Gasteiger partial charge in [0.2, 0.25) is 11.5 Å². The van der Waals surface area contributed by atoms with Crippen LogP contribution in [0.25, 0.3) is 0 Å². The maximum atomic E-state index is 14.5. The van der Waals surface area contributed by atoms with E-state index in [1.165, 1.54) is 55.4 Å². The number of aliphatic hydroxyl groups is 1. The molecule has 1 aromatic carbocycles. The fourth-order valence-corrected chi connectivity index (χ4v) is 9.19. The Balaban J connectivity index is 2.47. The number of carbonyl (C=O) groups excluding carboxylic acids is 6. The van der Waals surface area contributed by atoms with E-state index >= 15 is 0 Å². The van der Waals surface area contributed by atoms with Gasteiger partial charge in [-0.25, -0.2) is 4.79 Å². The molecule has 10 atom stereocenters. The van der Waals surface area contributed by atoms with Gasteiger partial charge in [0.25, 0.3) is 0 Å². The lowest BCUT2D eigenvalue weighted by Crippen LogP contribution is -2.88. The number of hydrogen-bond donors (Lipinski definition) is 2. The fraction of sp³-hybridized carbons (Fsp3) is 0.765. The van der Waals surface area contributed by atoms with Crippen LogP contribution in [0.15, 0.2) is 30.3 Å². The summed E-state index contributed by atoms with van der Waals surface area (Å²) in [5.41, 5.74) is -21.4. The van der Waals surface area contributed by atoms with Gasteiger partial charge in [-0.15, -0.1) is 0 Å². The highest BCUT2D eigenvalue weighted by Crippen LogP contribution is 2.62. The van der Waals surface area contributed by atoms with Gasteiger partial charge in [-0.2, -0.15) is 0 Å². The Bertz CT molecular complexity index is 2090. The van der Waals surface area contributed by atoms with Crippen LogP contribution in [0, 0.1) is 21.7 Å². The summed E-state index contributed by atoms with van der Waals surface area (Å²) in [5, 5.41) is 16.1. The second-order valence-corrected chi connectivity index (χ2v) is 23.4. The number of carbonyl (C=O) groups is 6. The third kappa shape index (κ3) is 9.67. The molecular formula is C51H81NO16. The van der Waals surface area contributed by atoms with Crippen LogP contribution >= 0.6 is 0 Å². The molecule has 0 aliphatic carbocycles. The summed E-state index contributed by atoms with van der Waals surface area (Å²) in [6.07, 6.45) is 0. The minimum Gasteiger partial charge on any atom is -0.467 e. The molecule has 17 nitrogen and oxygen atoms in total. The summed E-state index contributed by atoms with van der Waals surface area (Å²) in [4.78, 5) is 83.2. The molecule has 3 rings (SSSR count). The molecule has 2 aliphatic heterocycles. The second-order valence-electron chi connectivity index (χ2n) is 23.4. The SMILES string of the molecule is COC(=O)C1(C)OC(C)(COC[C@]2(C)[C@](C)(O)C(C)(COC(C)=O)OC(C)(OCc3ccccc3)[C@@]2(C)NC(C)=O)[C@@](C)(OC(=O)C(C)(C)C)[C@](C)(OC(=O)C(C)(C)C)[C@]1(C)OC(=O)C(C)(C)C. The van der Waals surface area contributed by atoms with Gasteiger partial charge in [0, 0.05) is 13.8 Å². The van der Waals surface area contributed by atoms with Crippen LogP contribution in [0.2, 0.25) is 0 Å². The molecule has 0 bridgehead atoms. The molecule has 4 unspecified atom stereocenters. The maximum absolute atomic E-state index is 14.5. The summed E-state index contributed by atoms with van der Waals surface area (Å²) < 4.78 is 57.7. The predicted molar refractivity (Wildman–Crippen MR) is 249 cm³/mol. The molecule has 2 heterocycles. The fourth-order valence-electron chi connectivity index (χ4n) is 9.19. The smallest absolute Gasteiger partial charge is 0.342 e. The van der Waals surface area contributed by atoms with E-state index in [1.54, 1.807) is 90.0 Å². The molecule has 2 fully saturated rings. The minimum atomic E-state index is -2.35. The Morgan fingerprint density at radius 2 is 1.07 bits per heavy atom. The molecule has 0 radical (unpaired) electrons. The molecule has 386 valence electrons. The molecule has 1 aromatic rings. The number of benzene rings is 1. The van der Waals surface area contributed by atoms with Crippen LogP contribution in [0.4, 0.5) is 0 Å². The molecule has 17 heteroatoms. The Labute approximate surface area is 403 Å². The molecule has 2 aliphatic rings. The van der Waals surface area contributed by atoms with E-state index in [0.717, 1.165) is 12.7 Å². The van der Waals surface area contributed by atoms with E-state index in [-0.39, 0.29) is 6.61 Å². The van der Waals surface area contributed by atoms with Gasteiger partial charge in [0.15, 0.2) is 22.6 Å². The highest BCUT2D eigenvalue weighted by molar-refractivity contribution is 5.85. The molecule has 2 saturated heterocycles. The number of ether oxygens (including phenoxy) is 9. The lowest BCUT2D eigenvalue weighted by Gasteiger charge is -2.69. The van der Waals surface area contributed by atoms with Gasteiger partial charge in [-0.1, -0.05) is 37.3 Å². The van der Waals surface area contributed by atoms with E-state index < -0.39 is 128 Å². The van der Waals surface area contributed by atoms with Crippen molar-refractivity contribution < 1.29 is 76.5 Å². The van der Waals surface area contributed by atoms with Crippen molar-refractivity contribution in [3.63, 3.8) is 0 Å². The first kappa shape index (κ1) is 58.2. The van der Waals surface area contributed by atoms with Crippen molar-refractivity contribution in [3.05, 3.63) is 35.9 Å². The zero-order chi connectivity index (χ0) is 53.0. The minimum absolute atomic E-state index is 0.0187. The molecule has 0 saturated carbocycles. The van der Waals surface area contributed by atoms with Gasteiger partial charge in [-0.05, 0) is 130 Å². The van der Waals surface area contributed by atoms with Crippen LogP contribution < -0.4 is 5.32 Å².